The SMILES string of the molecule is C[C@H](OC(=O)COc1ccc(C=O)cc1)c1nnc(-c2ccc(F)cc2)o1. The third-order valence-electron chi connectivity index (χ3n) is 3.56. The quantitative estimate of drug-likeness (QED) is 0.465. The summed E-state index contributed by atoms with van der Waals surface area (Å²) in [6.07, 6.45) is -0.0649. The maximum atomic E-state index is 13.0. The third kappa shape index (κ3) is 4.75. The van der Waals surface area contributed by atoms with Crippen molar-refractivity contribution in [3.8, 4) is 17.2 Å². The highest BCUT2D eigenvalue weighted by Crippen LogP contribution is 2.22. The molecule has 138 valence electrons. The molecule has 8 heteroatoms. The summed E-state index contributed by atoms with van der Waals surface area (Å²) >= 11 is 0. The highest BCUT2D eigenvalue weighted by molar-refractivity contribution is 5.75. The first-order valence-electron chi connectivity index (χ1n) is 8.02. The van der Waals surface area contributed by atoms with Crippen molar-refractivity contribution in [2.45, 2.75) is 13.0 Å². The molecule has 1 atom stereocenters. The van der Waals surface area contributed by atoms with E-state index in [0.717, 1.165) is 0 Å². The van der Waals surface area contributed by atoms with Crippen molar-refractivity contribution >= 4 is 12.3 Å². The van der Waals surface area contributed by atoms with Crippen molar-refractivity contribution in [1.82, 2.24) is 10.2 Å². The van der Waals surface area contributed by atoms with Crippen molar-refractivity contribution in [3.63, 3.8) is 0 Å². The van der Waals surface area contributed by atoms with Gasteiger partial charge in [0, 0.05) is 11.1 Å². The zero-order valence-electron chi connectivity index (χ0n) is 14.3. The van der Waals surface area contributed by atoms with Gasteiger partial charge in [-0.05, 0) is 55.5 Å². The summed E-state index contributed by atoms with van der Waals surface area (Å²) in [5.41, 5.74) is 1.06. The van der Waals surface area contributed by atoms with E-state index in [1.807, 2.05) is 0 Å². The molecule has 0 N–H and O–H groups in total. The topological polar surface area (TPSA) is 91.5 Å². The van der Waals surface area contributed by atoms with Crippen LogP contribution in [-0.2, 0) is 9.53 Å². The highest BCUT2D eigenvalue weighted by atomic mass is 19.1. The van der Waals surface area contributed by atoms with E-state index in [9.17, 15) is 14.0 Å². The Hall–Kier alpha value is -3.55. The number of aromatic nitrogens is 2. The van der Waals surface area contributed by atoms with Crippen molar-refractivity contribution in [2.24, 2.45) is 0 Å². The van der Waals surface area contributed by atoms with Crippen LogP contribution in [0.4, 0.5) is 4.39 Å². The summed E-state index contributed by atoms with van der Waals surface area (Å²) in [6.45, 7) is 1.27. The van der Waals surface area contributed by atoms with Crippen LogP contribution in [0.3, 0.4) is 0 Å². The van der Waals surface area contributed by atoms with Crippen molar-refractivity contribution in [3.05, 3.63) is 65.8 Å². The predicted molar refractivity (Wildman–Crippen MR) is 91.5 cm³/mol. The monoisotopic (exact) mass is 370 g/mol. The van der Waals surface area contributed by atoms with Crippen molar-refractivity contribution in [1.29, 1.82) is 0 Å². The van der Waals surface area contributed by atoms with E-state index < -0.39 is 12.1 Å². The third-order valence-corrected chi connectivity index (χ3v) is 3.56. The summed E-state index contributed by atoms with van der Waals surface area (Å²) in [4.78, 5) is 22.5. The van der Waals surface area contributed by atoms with E-state index >= 15 is 0 Å². The summed E-state index contributed by atoms with van der Waals surface area (Å²) in [5, 5.41) is 7.71. The second kappa shape index (κ2) is 8.22. The van der Waals surface area contributed by atoms with Crippen LogP contribution in [0.1, 0.15) is 29.3 Å². The van der Waals surface area contributed by atoms with Gasteiger partial charge in [0.2, 0.25) is 5.89 Å². The van der Waals surface area contributed by atoms with Gasteiger partial charge in [0.05, 0.1) is 0 Å². The van der Waals surface area contributed by atoms with Gasteiger partial charge >= 0.3 is 5.97 Å². The van der Waals surface area contributed by atoms with Crippen molar-refractivity contribution in [2.75, 3.05) is 6.61 Å². The summed E-state index contributed by atoms with van der Waals surface area (Å²) in [6, 6.07) is 11.9. The second-order valence-electron chi connectivity index (χ2n) is 5.56. The lowest BCUT2D eigenvalue weighted by molar-refractivity contribution is -0.152. The Morgan fingerprint density at radius 2 is 1.85 bits per heavy atom. The fourth-order valence-electron chi connectivity index (χ4n) is 2.17. The molecule has 1 aromatic heterocycles. The number of nitrogens with zero attached hydrogens (tertiary/aromatic N) is 2. The number of carbonyl (C=O) groups is 2. The minimum Gasteiger partial charge on any atom is -0.482 e. The summed E-state index contributed by atoms with van der Waals surface area (Å²) < 4.78 is 28.9. The van der Waals surface area contributed by atoms with Crippen LogP contribution in [0.25, 0.3) is 11.5 Å². The average molecular weight is 370 g/mol. The molecule has 0 saturated carbocycles. The van der Waals surface area contributed by atoms with E-state index in [-0.39, 0.29) is 24.2 Å². The lowest BCUT2D eigenvalue weighted by atomic mass is 10.2. The first kappa shape index (κ1) is 18.2. The lowest BCUT2D eigenvalue weighted by Crippen LogP contribution is -2.17. The number of esters is 1. The fraction of sp³-hybridized carbons (Fsp3) is 0.158. The zero-order chi connectivity index (χ0) is 19.2. The van der Waals surface area contributed by atoms with E-state index in [2.05, 4.69) is 10.2 Å². The van der Waals surface area contributed by atoms with E-state index in [4.69, 9.17) is 13.9 Å². The molecule has 3 aromatic rings. The van der Waals surface area contributed by atoms with Crippen LogP contribution in [0.5, 0.6) is 5.75 Å². The molecule has 0 aliphatic carbocycles. The van der Waals surface area contributed by atoms with Gasteiger partial charge in [-0.15, -0.1) is 10.2 Å². The Kier molecular flexibility index (Phi) is 5.55. The van der Waals surface area contributed by atoms with Gasteiger partial charge in [-0.25, -0.2) is 9.18 Å². The minimum atomic E-state index is -0.778. The molecule has 0 unspecified atom stereocenters. The lowest BCUT2D eigenvalue weighted by Gasteiger charge is -2.10. The Balaban J connectivity index is 1.54. The van der Waals surface area contributed by atoms with E-state index in [0.29, 0.717) is 23.2 Å². The van der Waals surface area contributed by atoms with Crippen LogP contribution in [0, 0.1) is 5.82 Å². The molecule has 7 nitrogen and oxygen atoms in total. The minimum absolute atomic E-state index is 0.109. The molecule has 2 aromatic carbocycles. The maximum Gasteiger partial charge on any atom is 0.344 e. The standard InChI is InChI=1S/C19H15FN2O5/c1-12(18-21-22-19(27-18)14-4-6-15(20)7-5-14)26-17(24)11-25-16-8-2-13(10-23)3-9-16/h2-10,12H,11H2,1H3/t12-/m0/s1. The van der Waals surface area contributed by atoms with Crippen LogP contribution in [0.15, 0.2) is 52.9 Å². The molecule has 0 aliphatic heterocycles. The Bertz CT molecular complexity index is 922. The van der Waals surface area contributed by atoms with Gasteiger partial charge in [0.1, 0.15) is 17.9 Å². The van der Waals surface area contributed by atoms with E-state index in [1.54, 1.807) is 31.2 Å². The highest BCUT2D eigenvalue weighted by Gasteiger charge is 2.19. The molecule has 3 rings (SSSR count). The van der Waals surface area contributed by atoms with Gasteiger partial charge in [-0.3, -0.25) is 4.79 Å². The van der Waals surface area contributed by atoms with Crippen LogP contribution >= 0.6 is 0 Å². The summed E-state index contributed by atoms with van der Waals surface area (Å²) in [7, 11) is 0. The fourth-order valence-corrected chi connectivity index (χ4v) is 2.17. The molecule has 0 radical (unpaired) electrons. The number of halogens is 1. The average Bonchev–Trinajstić information content (AvgIpc) is 3.18. The number of benzene rings is 2. The molecule has 0 fully saturated rings. The van der Waals surface area contributed by atoms with Gasteiger partial charge in [-0.1, -0.05) is 0 Å². The number of aldehydes is 1. The number of hydrogen-bond donors (Lipinski definition) is 0. The second-order valence-corrected chi connectivity index (χ2v) is 5.56. The number of rotatable bonds is 7. The number of ether oxygens (including phenoxy) is 2. The Morgan fingerprint density at radius 1 is 1.15 bits per heavy atom. The molecule has 1 heterocycles. The van der Waals surface area contributed by atoms with Crippen molar-refractivity contribution < 1.29 is 27.9 Å². The first-order valence-corrected chi connectivity index (χ1v) is 8.02. The number of hydrogen-bond acceptors (Lipinski definition) is 7. The Morgan fingerprint density at radius 3 is 2.52 bits per heavy atom. The molecule has 0 saturated heterocycles. The van der Waals surface area contributed by atoms with Gasteiger partial charge in [-0.2, -0.15) is 0 Å². The predicted octanol–water partition coefficient (Wildman–Crippen LogP) is 3.37. The molecule has 0 amide bonds. The molecule has 0 aliphatic rings. The first-order chi connectivity index (χ1) is 13.0. The van der Waals surface area contributed by atoms with Gasteiger partial charge in [0.25, 0.3) is 5.89 Å². The maximum absolute atomic E-state index is 13.0. The summed E-state index contributed by atoms with van der Waals surface area (Å²) in [5.74, 6) is -0.260. The zero-order valence-corrected chi connectivity index (χ0v) is 14.3. The number of carbonyl (C=O) groups excluding carboxylic acids is 2. The van der Waals surface area contributed by atoms with Gasteiger partial charge < -0.3 is 13.9 Å². The van der Waals surface area contributed by atoms with Gasteiger partial charge in [0.15, 0.2) is 12.7 Å². The molecule has 0 bridgehead atoms. The smallest absolute Gasteiger partial charge is 0.344 e. The van der Waals surface area contributed by atoms with E-state index in [1.165, 1.54) is 24.3 Å². The van der Waals surface area contributed by atoms with Crippen LogP contribution in [0.2, 0.25) is 0 Å². The molecular formula is C19H15FN2O5. The molecule has 27 heavy (non-hydrogen) atoms. The Labute approximate surface area is 153 Å². The van der Waals surface area contributed by atoms with Crippen LogP contribution < -0.4 is 4.74 Å². The normalized spacial score (nSPS) is 11.6. The largest absolute Gasteiger partial charge is 0.482 e. The molecular weight excluding hydrogens is 355 g/mol. The molecule has 0 spiro atoms. The van der Waals surface area contributed by atoms with Crippen LogP contribution in [-0.4, -0.2) is 29.1 Å².